The molecule has 2 aromatic rings. The van der Waals surface area contributed by atoms with Gasteiger partial charge >= 0.3 is 0 Å². The lowest BCUT2D eigenvalue weighted by molar-refractivity contribution is 0.390. The highest BCUT2D eigenvalue weighted by molar-refractivity contribution is 7.93. The Kier molecular flexibility index (Phi) is 2.75. The minimum Gasteiger partial charge on any atom is -0.399 e. The molecular weight excluding hydrogens is 278 g/mol. The number of hydrogen-bond acceptors (Lipinski definition) is 5. The maximum atomic E-state index is 12.8. The van der Waals surface area contributed by atoms with Crippen LogP contribution < -0.4 is 10.0 Å². The summed E-state index contributed by atoms with van der Waals surface area (Å²) in [5, 5.41) is 3.72. The Labute approximate surface area is 117 Å². The number of nitrogen functional groups attached to an aromatic ring is 1. The van der Waals surface area contributed by atoms with E-state index in [9.17, 15) is 8.42 Å². The first kappa shape index (κ1) is 13.0. The topological polar surface area (TPSA) is 89.4 Å². The maximum Gasteiger partial charge on any atom is 0.269 e. The smallest absolute Gasteiger partial charge is 0.269 e. The largest absolute Gasteiger partial charge is 0.399 e. The van der Waals surface area contributed by atoms with Crippen molar-refractivity contribution in [1.29, 1.82) is 0 Å². The lowest BCUT2D eigenvalue weighted by Gasteiger charge is -2.19. The fourth-order valence-electron chi connectivity index (χ4n) is 2.59. The molecule has 7 heteroatoms. The first-order valence-electron chi connectivity index (χ1n) is 6.25. The second-order valence-corrected chi connectivity index (χ2v) is 6.67. The van der Waals surface area contributed by atoms with Crippen LogP contribution in [-0.2, 0) is 16.4 Å². The number of aryl methyl sites for hydroxylation is 2. The van der Waals surface area contributed by atoms with Crippen LogP contribution in [0.4, 0.5) is 11.4 Å². The van der Waals surface area contributed by atoms with Crippen LogP contribution in [0.2, 0.25) is 0 Å². The quantitative estimate of drug-likeness (QED) is 0.850. The Morgan fingerprint density at radius 2 is 2.10 bits per heavy atom. The van der Waals surface area contributed by atoms with Gasteiger partial charge < -0.3 is 10.3 Å². The van der Waals surface area contributed by atoms with E-state index in [0.29, 0.717) is 35.8 Å². The van der Waals surface area contributed by atoms with Gasteiger partial charge in [0.1, 0.15) is 5.69 Å². The van der Waals surface area contributed by atoms with Gasteiger partial charge in [0.05, 0.1) is 5.69 Å². The van der Waals surface area contributed by atoms with Crippen molar-refractivity contribution in [2.24, 2.45) is 0 Å². The highest BCUT2D eigenvalue weighted by Gasteiger charge is 2.35. The molecule has 0 radical (unpaired) electrons. The summed E-state index contributed by atoms with van der Waals surface area (Å²) in [5.41, 5.74) is 8.38. The molecule has 0 saturated carbocycles. The van der Waals surface area contributed by atoms with E-state index in [4.69, 9.17) is 10.3 Å². The zero-order valence-corrected chi connectivity index (χ0v) is 12.1. The van der Waals surface area contributed by atoms with Crippen LogP contribution in [0, 0.1) is 13.8 Å². The normalized spacial score (nSPS) is 14.6. The molecule has 1 aliphatic heterocycles. The summed E-state index contributed by atoms with van der Waals surface area (Å²) in [4.78, 5) is 0.155. The van der Waals surface area contributed by atoms with Crippen molar-refractivity contribution >= 4 is 21.4 Å². The van der Waals surface area contributed by atoms with Crippen molar-refractivity contribution in [1.82, 2.24) is 5.16 Å². The first-order valence-corrected chi connectivity index (χ1v) is 7.69. The summed E-state index contributed by atoms with van der Waals surface area (Å²) < 4.78 is 31.9. The molecule has 1 aromatic carbocycles. The third-order valence-corrected chi connectivity index (χ3v) is 5.53. The summed E-state index contributed by atoms with van der Waals surface area (Å²) >= 11 is 0. The average molecular weight is 293 g/mol. The lowest BCUT2D eigenvalue weighted by atomic mass is 10.1. The van der Waals surface area contributed by atoms with Gasteiger partial charge in [-0.05, 0) is 44.0 Å². The van der Waals surface area contributed by atoms with Crippen LogP contribution in [0.25, 0.3) is 0 Å². The van der Waals surface area contributed by atoms with Crippen molar-refractivity contribution in [3.8, 4) is 0 Å². The monoisotopic (exact) mass is 293 g/mol. The predicted molar refractivity (Wildman–Crippen MR) is 75.1 cm³/mol. The molecule has 20 heavy (non-hydrogen) atoms. The summed E-state index contributed by atoms with van der Waals surface area (Å²) in [6.45, 7) is 3.64. The Morgan fingerprint density at radius 3 is 2.75 bits per heavy atom. The number of rotatable bonds is 2. The molecule has 6 nitrogen and oxygen atoms in total. The standard InChI is InChI=1S/C13H15N3O3S/c1-8-13(9(2)19-15-8)20(17,18)16-6-5-10-7-11(14)3-4-12(10)16/h3-4,7H,5-6,14H2,1-2H3. The van der Waals surface area contributed by atoms with Crippen molar-refractivity contribution in [2.75, 3.05) is 16.6 Å². The number of nitrogens with two attached hydrogens (primary N) is 1. The number of anilines is 2. The number of aromatic nitrogens is 1. The fraction of sp³-hybridized carbons (Fsp3) is 0.308. The van der Waals surface area contributed by atoms with E-state index in [1.165, 1.54) is 4.31 Å². The minimum atomic E-state index is -3.65. The molecular formula is C13H15N3O3S. The zero-order chi connectivity index (χ0) is 14.5. The third-order valence-electron chi connectivity index (χ3n) is 3.47. The Balaban J connectivity index is 2.12. The van der Waals surface area contributed by atoms with Crippen LogP contribution in [0.3, 0.4) is 0 Å². The van der Waals surface area contributed by atoms with E-state index >= 15 is 0 Å². The van der Waals surface area contributed by atoms with Gasteiger partial charge in [-0.25, -0.2) is 8.42 Å². The van der Waals surface area contributed by atoms with Crippen molar-refractivity contribution in [3.05, 3.63) is 35.2 Å². The molecule has 1 aromatic heterocycles. The SMILES string of the molecule is Cc1noc(C)c1S(=O)(=O)N1CCc2cc(N)ccc21. The van der Waals surface area contributed by atoms with Crippen LogP contribution in [0.15, 0.2) is 27.6 Å². The zero-order valence-electron chi connectivity index (χ0n) is 11.3. The Hall–Kier alpha value is -2.02. The molecule has 3 rings (SSSR count). The van der Waals surface area contributed by atoms with Crippen molar-refractivity contribution in [2.45, 2.75) is 25.2 Å². The first-order chi connectivity index (χ1) is 9.41. The molecule has 0 unspecified atom stereocenters. The summed E-state index contributed by atoms with van der Waals surface area (Å²) in [6.07, 6.45) is 0.656. The number of benzene rings is 1. The molecule has 2 N–H and O–H groups in total. The summed E-state index contributed by atoms with van der Waals surface area (Å²) in [7, 11) is -3.65. The van der Waals surface area contributed by atoms with Crippen molar-refractivity contribution < 1.29 is 12.9 Å². The van der Waals surface area contributed by atoms with Crippen LogP contribution in [-0.4, -0.2) is 20.1 Å². The van der Waals surface area contributed by atoms with E-state index in [1.807, 2.05) is 6.07 Å². The highest BCUT2D eigenvalue weighted by Crippen LogP contribution is 2.35. The van der Waals surface area contributed by atoms with Gasteiger partial charge in [-0.1, -0.05) is 5.16 Å². The van der Waals surface area contributed by atoms with Gasteiger partial charge in [-0.3, -0.25) is 4.31 Å². The van der Waals surface area contributed by atoms with E-state index in [1.54, 1.807) is 26.0 Å². The van der Waals surface area contributed by atoms with E-state index in [0.717, 1.165) is 5.56 Å². The molecule has 0 fully saturated rings. The number of hydrogen-bond donors (Lipinski definition) is 1. The van der Waals surface area contributed by atoms with Crippen LogP contribution in [0.1, 0.15) is 17.0 Å². The summed E-state index contributed by atoms with van der Waals surface area (Å²) in [6, 6.07) is 5.27. The van der Waals surface area contributed by atoms with Crippen LogP contribution >= 0.6 is 0 Å². The highest BCUT2D eigenvalue weighted by atomic mass is 32.2. The molecule has 0 atom stereocenters. The molecule has 0 spiro atoms. The van der Waals surface area contributed by atoms with Gasteiger partial charge in [-0.15, -0.1) is 0 Å². The molecule has 106 valence electrons. The van der Waals surface area contributed by atoms with E-state index in [-0.39, 0.29) is 4.90 Å². The average Bonchev–Trinajstić information content (AvgIpc) is 2.93. The summed E-state index contributed by atoms with van der Waals surface area (Å²) in [5.74, 6) is 0.311. The van der Waals surface area contributed by atoms with Gasteiger partial charge in [0, 0.05) is 12.2 Å². The van der Waals surface area contributed by atoms with Gasteiger partial charge in [0.2, 0.25) is 0 Å². The Morgan fingerprint density at radius 1 is 1.35 bits per heavy atom. The second-order valence-electron chi connectivity index (χ2n) is 4.87. The van der Waals surface area contributed by atoms with Gasteiger partial charge in [-0.2, -0.15) is 0 Å². The number of nitrogens with zero attached hydrogens (tertiary/aromatic N) is 2. The van der Waals surface area contributed by atoms with E-state index in [2.05, 4.69) is 5.16 Å². The minimum absolute atomic E-state index is 0.155. The van der Waals surface area contributed by atoms with Crippen LogP contribution in [0.5, 0.6) is 0 Å². The third kappa shape index (κ3) is 1.77. The van der Waals surface area contributed by atoms with Gasteiger partial charge in [0.15, 0.2) is 10.7 Å². The number of fused-ring (bicyclic) bond motifs is 1. The molecule has 0 aliphatic carbocycles. The van der Waals surface area contributed by atoms with Crippen molar-refractivity contribution in [3.63, 3.8) is 0 Å². The maximum absolute atomic E-state index is 12.8. The molecule has 2 heterocycles. The lowest BCUT2D eigenvalue weighted by Crippen LogP contribution is -2.29. The molecule has 0 saturated heterocycles. The molecule has 0 bridgehead atoms. The second kappa shape index (κ2) is 4.24. The number of sulfonamides is 1. The Bertz CT molecular complexity index is 761. The molecule has 0 amide bonds. The predicted octanol–water partition coefficient (Wildman–Crippen LogP) is 1.63. The van der Waals surface area contributed by atoms with E-state index < -0.39 is 10.0 Å². The fourth-order valence-corrected chi connectivity index (χ4v) is 4.39. The molecule has 1 aliphatic rings. The van der Waals surface area contributed by atoms with Gasteiger partial charge in [0.25, 0.3) is 10.0 Å².